The van der Waals surface area contributed by atoms with Crippen LogP contribution in [0.3, 0.4) is 0 Å². The highest BCUT2D eigenvalue weighted by Crippen LogP contribution is 2.35. The predicted molar refractivity (Wildman–Crippen MR) is 74.0 cm³/mol. The van der Waals surface area contributed by atoms with Gasteiger partial charge in [0.05, 0.1) is 0 Å². The van der Waals surface area contributed by atoms with Gasteiger partial charge in [0.15, 0.2) is 0 Å². The molecule has 0 fully saturated rings. The highest BCUT2D eigenvalue weighted by Gasteiger charge is 2.44. The number of carbonyl (C=O) groups excluding carboxylic acids is 1. The van der Waals surface area contributed by atoms with Gasteiger partial charge < -0.3 is 4.74 Å². The van der Waals surface area contributed by atoms with Gasteiger partial charge in [-0.05, 0) is 30.5 Å². The molecule has 0 radical (unpaired) electrons. The molecule has 0 N–H and O–H groups in total. The number of benzene rings is 1. The Morgan fingerprint density at radius 1 is 1.40 bits per heavy atom. The van der Waals surface area contributed by atoms with E-state index in [0.29, 0.717) is 6.42 Å². The molecule has 108 valence electrons. The van der Waals surface area contributed by atoms with Crippen LogP contribution in [0.5, 0.6) is 0 Å². The van der Waals surface area contributed by atoms with Gasteiger partial charge in [-0.25, -0.2) is 8.78 Å². The van der Waals surface area contributed by atoms with Gasteiger partial charge in [-0.1, -0.05) is 30.1 Å². The minimum atomic E-state index is -3.11. The molecule has 0 saturated carbocycles. The minimum Gasteiger partial charge on any atom is -0.435 e. The van der Waals surface area contributed by atoms with Crippen LogP contribution < -0.4 is 0 Å². The number of halogens is 4. The second-order valence-electron chi connectivity index (χ2n) is 4.06. The first-order valence-electron chi connectivity index (χ1n) is 5.80. The first-order chi connectivity index (χ1) is 9.35. The molecule has 1 aromatic carbocycles. The largest absolute Gasteiger partial charge is 0.435 e. The lowest BCUT2D eigenvalue weighted by Gasteiger charge is -2.28. The van der Waals surface area contributed by atoms with Crippen molar-refractivity contribution in [2.75, 3.05) is 0 Å². The highest BCUT2D eigenvalue weighted by molar-refractivity contribution is 6.34. The summed E-state index contributed by atoms with van der Waals surface area (Å²) in [5, 5.41) is 0.249. The zero-order valence-electron chi connectivity index (χ0n) is 10.6. The quantitative estimate of drug-likeness (QED) is 0.592. The van der Waals surface area contributed by atoms with Gasteiger partial charge in [-0.3, -0.25) is 4.79 Å². The summed E-state index contributed by atoms with van der Waals surface area (Å²) in [7, 11) is 0. The minimum absolute atomic E-state index is 0.00948. The molecule has 0 aromatic heterocycles. The van der Waals surface area contributed by atoms with E-state index in [1.54, 1.807) is 6.92 Å². The van der Waals surface area contributed by atoms with E-state index < -0.39 is 18.0 Å². The van der Waals surface area contributed by atoms with Crippen LogP contribution in [-0.2, 0) is 15.1 Å². The maximum Gasteiger partial charge on any atom is 0.307 e. The Balaban J connectivity index is 3.30. The summed E-state index contributed by atoms with van der Waals surface area (Å²) in [4.78, 5) is 11.5. The van der Waals surface area contributed by atoms with E-state index in [1.807, 2.05) is 5.92 Å². The van der Waals surface area contributed by atoms with E-state index in [9.17, 15) is 13.6 Å². The monoisotopic (exact) mass is 320 g/mol. The number of ether oxygens (including phenoxy) is 1. The molecular weight excluding hydrogens is 309 g/mol. The Morgan fingerprint density at radius 2 is 1.95 bits per heavy atom. The lowest BCUT2D eigenvalue weighted by molar-refractivity contribution is -0.169. The molecule has 6 heteroatoms. The van der Waals surface area contributed by atoms with Gasteiger partial charge in [0.1, 0.15) is 0 Å². The van der Waals surface area contributed by atoms with Crippen molar-refractivity contribution in [1.29, 1.82) is 0 Å². The third kappa shape index (κ3) is 3.62. The van der Waals surface area contributed by atoms with E-state index in [2.05, 4.69) is 0 Å². The lowest BCUT2D eigenvalue weighted by atomic mass is 9.94. The van der Waals surface area contributed by atoms with Gasteiger partial charge in [-0.15, -0.1) is 6.42 Å². The summed E-state index contributed by atoms with van der Waals surface area (Å²) in [5.41, 5.74) is -2.61. The van der Waals surface area contributed by atoms with Gasteiger partial charge in [0, 0.05) is 22.0 Å². The molecule has 0 amide bonds. The summed E-state index contributed by atoms with van der Waals surface area (Å²) in [6.45, 7) is 1.72. The zero-order valence-corrected chi connectivity index (χ0v) is 12.1. The first-order valence-corrected chi connectivity index (χ1v) is 6.55. The number of rotatable bonds is 5. The maximum absolute atomic E-state index is 13.4. The SMILES string of the molecule is C#CC(OC(=O)CCC)(c1cc(Cl)cc(Cl)c1)C(F)F. The average molecular weight is 321 g/mol. The Bertz CT molecular complexity index is 520. The predicted octanol–water partition coefficient (Wildman–Crippen LogP) is 4.43. The molecule has 20 heavy (non-hydrogen) atoms. The van der Waals surface area contributed by atoms with Crippen LogP contribution in [0.2, 0.25) is 10.0 Å². The molecule has 0 bridgehead atoms. The molecule has 0 saturated heterocycles. The van der Waals surface area contributed by atoms with E-state index in [0.717, 1.165) is 0 Å². The molecule has 1 atom stereocenters. The number of hydrogen-bond donors (Lipinski definition) is 0. The molecule has 0 aliphatic heterocycles. The van der Waals surface area contributed by atoms with Gasteiger partial charge in [-0.2, -0.15) is 0 Å². The fraction of sp³-hybridized carbons (Fsp3) is 0.357. The van der Waals surface area contributed by atoms with Crippen molar-refractivity contribution in [2.24, 2.45) is 0 Å². The van der Waals surface area contributed by atoms with Crippen molar-refractivity contribution in [1.82, 2.24) is 0 Å². The Kier molecular flexibility index (Phi) is 5.79. The van der Waals surface area contributed by atoms with E-state index in [-0.39, 0.29) is 22.0 Å². The molecule has 1 unspecified atom stereocenters. The van der Waals surface area contributed by atoms with E-state index in [4.69, 9.17) is 34.4 Å². The molecule has 0 spiro atoms. The topological polar surface area (TPSA) is 26.3 Å². The van der Waals surface area contributed by atoms with Crippen molar-refractivity contribution >= 4 is 29.2 Å². The molecular formula is C14H12Cl2F2O2. The first kappa shape index (κ1) is 16.7. The van der Waals surface area contributed by atoms with Crippen LogP contribution in [0.25, 0.3) is 0 Å². The van der Waals surface area contributed by atoms with Gasteiger partial charge in [0.2, 0.25) is 0 Å². The third-order valence-corrected chi connectivity index (χ3v) is 2.98. The van der Waals surface area contributed by atoms with Crippen molar-refractivity contribution in [3.05, 3.63) is 33.8 Å². The van der Waals surface area contributed by atoms with Crippen LogP contribution in [0.4, 0.5) is 8.78 Å². The van der Waals surface area contributed by atoms with Crippen LogP contribution in [0.1, 0.15) is 25.3 Å². The standard InChI is InChI=1S/C14H12Cl2F2O2/c1-3-5-12(19)20-14(4-2,13(17)18)9-6-10(15)8-11(16)7-9/h2,6-8,13H,3,5H2,1H3. The molecule has 0 aliphatic carbocycles. The summed E-state index contributed by atoms with van der Waals surface area (Å²) in [6.07, 6.45) is 2.53. The van der Waals surface area contributed by atoms with Crippen molar-refractivity contribution in [2.45, 2.75) is 31.8 Å². The van der Waals surface area contributed by atoms with Crippen LogP contribution >= 0.6 is 23.2 Å². The van der Waals surface area contributed by atoms with Crippen molar-refractivity contribution < 1.29 is 18.3 Å². The fourth-order valence-electron chi connectivity index (χ4n) is 1.61. The highest BCUT2D eigenvalue weighted by atomic mass is 35.5. The maximum atomic E-state index is 13.4. The van der Waals surface area contributed by atoms with Crippen LogP contribution in [0, 0.1) is 12.3 Å². The third-order valence-electron chi connectivity index (χ3n) is 2.54. The second-order valence-corrected chi connectivity index (χ2v) is 4.94. The molecule has 2 nitrogen and oxygen atoms in total. The van der Waals surface area contributed by atoms with E-state index >= 15 is 0 Å². The molecule has 1 rings (SSSR count). The number of alkyl halides is 2. The number of hydrogen-bond acceptors (Lipinski definition) is 2. The van der Waals surface area contributed by atoms with Crippen LogP contribution in [-0.4, -0.2) is 12.4 Å². The number of carbonyl (C=O) groups is 1. The zero-order chi connectivity index (χ0) is 15.3. The summed E-state index contributed by atoms with van der Waals surface area (Å²) >= 11 is 11.6. The Morgan fingerprint density at radius 3 is 2.35 bits per heavy atom. The smallest absolute Gasteiger partial charge is 0.307 e. The number of esters is 1. The van der Waals surface area contributed by atoms with E-state index in [1.165, 1.54) is 18.2 Å². The van der Waals surface area contributed by atoms with Crippen molar-refractivity contribution in [3.63, 3.8) is 0 Å². The Hall–Kier alpha value is -1.31. The van der Waals surface area contributed by atoms with Gasteiger partial charge >= 0.3 is 5.97 Å². The lowest BCUT2D eigenvalue weighted by Crippen LogP contribution is -2.38. The second kappa shape index (κ2) is 6.92. The molecule has 1 aromatic rings. The normalized spacial score (nSPS) is 13.7. The average Bonchev–Trinajstić information content (AvgIpc) is 2.34. The summed E-state index contributed by atoms with van der Waals surface area (Å²) in [5.74, 6) is 1.06. The van der Waals surface area contributed by atoms with Gasteiger partial charge in [0.25, 0.3) is 12.0 Å². The number of terminal acetylenes is 1. The van der Waals surface area contributed by atoms with Crippen LogP contribution in [0.15, 0.2) is 18.2 Å². The molecule has 0 heterocycles. The Labute approximate surface area is 126 Å². The summed E-state index contributed by atoms with van der Waals surface area (Å²) in [6, 6.07) is 3.78. The molecule has 0 aliphatic rings. The summed E-state index contributed by atoms with van der Waals surface area (Å²) < 4.78 is 31.6. The van der Waals surface area contributed by atoms with Crippen molar-refractivity contribution in [3.8, 4) is 12.3 Å². The fourth-order valence-corrected chi connectivity index (χ4v) is 2.13.